The molecule has 6 rings (SSSR count). The summed E-state index contributed by atoms with van der Waals surface area (Å²) in [5.41, 5.74) is 14.9. The maximum atomic E-state index is 12.4. The number of hydrogen-bond acceptors (Lipinski definition) is 8. The molecule has 2 heterocycles. The highest BCUT2D eigenvalue weighted by Crippen LogP contribution is 2.42. The number of nitrogens with one attached hydrogen (secondary N) is 3. The first-order valence-electron chi connectivity index (χ1n) is 20.9. The van der Waals surface area contributed by atoms with Crippen molar-refractivity contribution in [3.05, 3.63) is 71.4 Å². The molecule has 0 bridgehead atoms. The summed E-state index contributed by atoms with van der Waals surface area (Å²) in [5, 5.41) is 6.04. The number of nitrogens with two attached hydrogens (primary N) is 2. The van der Waals surface area contributed by atoms with Gasteiger partial charge in [-0.3, -0.25) is 9.59 Å². The molecule has 0 spiro atoms. The molecule has 2 aromatic heterocycles. The number of amides is 4. The van der Waals surface area contributed by atoms with Gasteiger partial charge in [0.05, 0.1) is 25.3 Å². The summed E-state index contributed by atoms with van der Waals surface area (Å²) in [5.74, 6) is 3.92. The number of carbonyl (C=O) groups is 4. The molecule has 4 unspecified atom stereocenters. The van der Waals surface area contributed by atoms with Gasteiger partial charge in [-0.25, -0.2) is 19.6 Å². The molecule has 1 fully saturated rings. The van der Waals surface area contributed by atoms with E-state index in [-0.39, 0.29) is 23.9 Å². The number of aromatic nitrogens is 4. The minimum Gasteiger partial charge on any atom is -0.453 e. The Bertz CT molecular complexity index is 2260. The van der Waals surface area contributed by atoms with Crippen LogP contribution in [0.5, 0.6) is 0 Å². The van der Waals surface area contributed by atoms with E-state index in [2.05, 4.69) is 132 Å². The number of primary amides is 2. The van der Waals surface area contributed by atoms with E-state index in [0.29, 0.717) is 41.7 Å². The summed E-state index contributed by atoms with van der Waals surface area (Å²) in [6, 6.07) is 19.8. The maximum absolute atomic E-state index is 12.4. The number of benzene rings is 3. The number of aromatic amines is 2. The summed E-state index contributed by atoms with van der Waals surface area (Å²) >= 11 is 6.67. The molecule has 0 aliphatic heterocycles. The van der Waals surface area contributed by atoms with Crippen molar-refractivity contribution in [3.63, 3.8) is 0 Å². The van der Waals surface area contributed by atoms with Gasteiger partial charge in [-0.1, -0.05) is 76.6 Å². The topological polar surface area (TPSA) is 211 Å². The van der Waals surface area contributed by atoms with Gasteiger partial charge < -0.3 is 41.1 Å². The third-order valence-corrected chi connectivity index (χ3v) is 11.2. The molecule has 1 saturated carbocycles. The summed E-state index contributed by atoms with van der Waals surface area (Å²) in [6.45, 7) is 12.6. The molecule has 14 nitrogen and oxygen atoms in total. The van der Waals surface area contributed by atoms with Crippen LogP contribution in [0, 0.1) is 23.7 Å². The first kappa shape index (κ1) is 48.0. The highest BCUT2D eigenvalue weighted by molar-refractivity contribution is 6.32. The van der Waals surface area contributed by atoms with Gasteiger partial charge in [0.25, 0.3) is 0 Å². The van der Waals surface area contributed by atoms with Gasteiger partial charge in [0.15, 0.2) is 0 Å². The lowest BCUT2D eigenvalue weighted by Gasteiger charge is -2.25. The first-order chi connectivity index (χ1) is 28.9. The van der Waals surface area contributed by atoms with E-state index >= 15 is 0 Å². The number of halogens is 1. The average molecular weight is 860 g/mol. The quantitative estimate of drug-likeness (QED) is 0.0685. The largest absolute Gasteiger partial charge is 0.453 e. The zero-order valence-corrected chi connectivity index (χ0v) is 37.7. The minimum atomic E-state index is -0.745. The van der Waals surface area contributed by atoms with Gasteiger partial charge >= 0.3 is 12.2 Å². The molecule has 0 radical (unpaired) electrons. The Morgan fingerprint density at radius 1 is 0.803 bits per heavy atom. The first-order valence-corrected chi connectivity index (χ1v) is 21.3. The molecule has 7 N–H and O–H groups in total. The minimum absolute atomic E-state index is 0.151. The molecule has 4 atom stereocenters. The fourth-order valence-corrected chi connectivity index (χ4v) is 7.54. The number of imidazole rings is 2. The van der Waals surface area contributed by atoms with Gasteiger partial charge in [-0.05, 0) is 96.0 Å². The van der Waals surface area contributed by atoms with Crippen molar-refractivity contribution in [1.29, 1.82) is 0 Å². The molecule has 15 heteroatoms. The highest BCUT2D eigenvalue weighted by Gasteiger charge is 2.46. The molecule has 330 valence electrons. The number of H-pyrrole nitrogens is 2. The normalized spacial score (nSPS) is 16.0. The summed E-state index contributed by atoms with van der Waals surface area (Å²) in [7, 11) is 4.37. The maximum Gasteiger partial charge on any atom is 0.404 e. The SMILES string of the molecule is CC(C)CC(=O)NC1C(C)C1CCc1nc(-c2ccc3cc(-c4ccc5nc(CCCC(C)N(C)C(=O)CC(C)C)[nH]c5c4)ccc3c2)c(Cl)[nH]1.COC(N)=O.COC(N)=O. The number of methoxy groups -OCH3 is 2. The Labute approximate surface area is 363 Å². The smallest absolute Gasteiger partial charge is 0.404 e. The van der Waals surface area contributed by atoms with Crippen molar-refractivity contribution >= 4 is 57.4 Å². The second kappa shape index (κ2) is 22.3. The van der Waals surface area contributed by atoms with E-state index < -0.39 is 12.2 Å². The zero-order valence-electron chi connectivity index (χ0n) is 36.9. The van der Waals surface area contributed by atoms with Crippen LogP contribution in [0.2, 0.25) is 5.15 Å². The van der Waals surface area contributed by atoms with Crippen molar-refractivity contribution in [2.75, 3.05) is 21.3 Å². The van der Waals surface area contributed by atoms with Crippen molar-refractivity contribution in [2.45, 2.75) is 98.6 Å². The predicted molar refractivity (Wildman–Crippen MR) is 242 cm³/mol. The molecule has 0 saturated heterocycles. The Balaban J connectivity index is 0.000000735. The van der Waals surface area contributed by atoms with Crippen LogP contribution in [0.25, 0.3) is 44.2 Å². The lowest BCUT2D eigenvalue weighted by atomic mass is 9.99. The number of nitrogens with zero attached hydrogens (tertiary/aromatic N) is 3. The van der Waals surface area contributed by atoms with Crippen LogP contribution in [-0.4, -0.2) is 82.2 Å². The molecule has 3 aromatic carbocycles. The third-order valence-electron chi connectivity index (χ3n) is 11.0. The van der Waals surface area contributed by atoms with Gasteiger partial charge in [0.1, 0.15) is 22.5 Å². The second-order valence-electron chi connectivity index (χ2n) is 16.7. The van der Waals surface area contributed by atoms with E-state index in [1.165, 1.54) is 14.2 Å². The molecule has 61 heavy (non-hydrogen) atoms. The molecule has 1 aliphatic carbocycles. The summed E-state index contributed by atoms with van der Waals surface area (Å²) in [4.78, 5) is 61.9. The lowest BCUT2D eigenvalue weighted by Crippen LogP contribution is -2.35. The molecule has 4 amide bonds. The Morgan fingerprint density at radius 3 is 1.97 bits per heavy atom. The van der Waals surface area contributed by atoms with Crippen LogP contribution in [-0.2, 0) is 31.9 Å². The van der Waals surface area contributed by atoms with Gasteiger partial charge in [-0.2, -0.15) is 0 Å². The van der Waals surface area contributed by atoms with Crippen LogP contribution >= 0.6 is 11.6 Å². The number of fused-ring (bicyclic) bond motifs is 2. The van der Waals surface area contributed by atoms with Crippen LogP contribution in [0.4, 0.5) is 9.59 Å². The number of rotatable bonds is 15. The van der Waals surface area contributed by atoms with Crippen molar-refractivity contribution in [1.82, 2.24) is 30.2 Å². The van der Waals surface area contributed by atoms with E-state index in [9.17, 15) is 19.2 Å². The number of carbonyl (C=O) groups excluding carboxylic acids is 4. The molecule has 1 aliphatic rings. The van der Waals surface area contributed by atoms with Crippen LogP contribution < -0.4 is 16.8 Å². The second-order valence-corrected chi connectivity index (χ2v) is 17.1. The van der Waals surface area contributed by atoms with E-state index in [0.717, 1.165) is 87.9 Å². The Hall–Kier alpha value is -5.63. The van der Waals surface area contributed by atoms with Crippen molar-refractivity contribution in [2.24, 2.45) is 35.1 Å². The van der Waals surface area contributed by atoms with E-state index in [1.807, 2.05) is 11.9 Å². The molecular formula is C46H63ClN8O6. The fraction of sp³-hybridized carbons (Fsp3) is 0.478. The molecular weight excluding hydrogens is 796 g/mol. The summed E-state index contributed by atoms with van der Waals surface area (Å²) < 4.78 is 7.78. The number of hydrogen-bond donors (Lipinski definition) is 5. The van der Waals surface area contributed by atoms with E-state index in [1.54, 1.807) is 0 Å². The molecule has 5 aromatic rings. The number of aryl methyl sites for hydroxylation is 2. The summed E-state index contributed by atoms with van der Waals surface area (Å²) in [6.07, 6.45) is 4.18. The van der Waals surface area contributed by atoms with Gasteiger partial charge in [0, 0.05) is 50.4 Å². The van der Waals surface area contributed by atoms with Gasteiger partial charge in [-0.15, -0.1) is 0 Å². The van der Waals surface area contributed by atoms with Crippen molar-refractivity contribution < 1.29 is 28.7 Å². The lowest BCUT2D eigenvalue weighted by molar-refractivity contribution is -0.132. The Kier molecular flexibility index (Phi) is 17.5. The number of ether oxygens (including phenoxy) is 2. The van der Waals surface area contributed by atoms with Crippen LogP contribution in [0.3, 0.4) is 0 Å². The van der Waals surface area contributed by atoms with Crippen LogP contribution in [0.15, 0.2) is 54.6 Å². The van der Waals surface area contributed by atoms with E-state index in [4.69, 9.17) is 21.6 Å². The van der Waals surface area contributed by atoms with Crippen molar-refractivity contribution in [3.8, 4) is 22.4 Å². The third kappa shape index (κ3) is 14.2. The monoisotopic (exact) mass is 858 g/mol. The predicted octanol–water partition coefficient (Wildman–Crippen LogP) is 8.79. The standard InChI is InChI=1S/C42H53ClN6O2.2C2H5NO2/c1-24(2)19-38(50)48-40-27(6)33(40)16-18-37-46-41(42(43)47-37)32-14-13-28-21-29(11-12-30(28)22-32)31-15-17-34-35(23-31)45-36(44-34)10-8-9-26(5)49(7)39(51)20-25(3)4;2*1-5-2(3)4/h11-15,17,21-27,33,40H,8-10,16,18-20H2,1-7H3,(H,44,45)(H,46,47)(H,48,50);2*1H3,(H2,3,4). The van der Waals surface area contributed by atoms with Crippen LogP contribution in [0.1, 0.15) is 85.3 Å². The fourth-order valence-electron chi connectivity index (χ4n) is 7.28. The average Bonchev–Trinajstić information content (AvgIpc) is 3.47. The Morgan fingerprint density at radius 2 is 1.36 bits per heavy atom. The zero-order chi connectivity index (χ0) is 45.0. The van der Waals surface area contributed by atoms with Gasteiger partial charge in [0.2, 0.25) is 11.8 Å². The highest BCUT2D eigenvalue weighted by atomic mass is 35.5.